The Balaban J connectivity index is 1.15. The van der Waals surface area contributed by atoms with Gasteiger partial charge in [0.25, 0.3) is 0 Å². The highest BCUT2D eigenvalue weighted by Gasteiger charge is 2.31. The van der Waals surface area contributed by atoms with E-state index in [0.29, 0.717) is 43.5 Å². The molecule has 0 aliphatic carbocycles. The van der Waals surface area contributed by atoms with Gasteiger partial charge >= 0.3 is 5.97 Å². The summed E-state index contributed by atoms with van der Waals surface area (Å²) in [5.41, 5.74) is 9.08. The van der Waals surface area contributed by atoms with Gasteiger partial charge in [0.2, 0.25) is 11.8 Å². The van der Waals surface area contributed by atoms with Crippen molar-refractivity contribution in [1.82, 2.24) is 9.88 Å². The predicted molar refractivity (Wildman–Crippen MR) is 153 cm³/mol. The second-order valence-corrected chi connectivity index (χ2v) is 11.5. The predicted octanol–water partition coefficient (Wildman–Crippen LogP) is 3.07. The summed E-state index contributed by atoms with van der Waals surface area (Å²) in [7, 11) is 0. The number of benzene rings is 2. The summed E-state index contributed by atoms with van der Waals surface area (Å²) in [5.74, 6) is -0.666. The molecule has 2 saturated heterocycles. The van der Waals surface area contributed by atoms with Crippen LogP contribution < -0.4 is 16.0 Å². The number of carbonyl (C=O) groups is 3. The maximum Gasteiger partial charge on any atom is 0.355 e. The summed E-state index contributed by atoms with van der Waals surface area (Å²) in [6, 6.07) is 14.3. The molecule has 2 aliphatic heterocycles. The molecule has 4 N–H and O–H groups in total. The Bertz CT molecular complexity index is 1390. The average molecular weight is 548 g/mol. The zero-order chi connectivity index (χ0) is 28.4. The number of amides is 2. The lowest BCUT2D eigenvalue weighted by atomic mass is 10.0. The van der Waals surface area contributed by atoms with Gasteiger partial charge in [0.15, 0.2) is 0 Å². The fraction of sp³-hybridized carbons (Fsp3) is 0.433. The van der Waals surface area contributed by atoms with Crippen molar-refractivity contribution in [1.29, 1.82) is 0 Å². The number of H-pyrrole nitrogens is 1. The zero-order valence-corrected chi connectivity index (χ0v) is 23.2. The van der Waals surface area contributed by atoms with Gasteiger partial charge in [0, 0.05) is 48.0 Å². The first-order chi connectivity index (χ1) is 19.1. The third-order valence-electron chi connectivity index (χ3n) is 7.22. The fourth-order valence-corrected chi connectivity index (χ4v) is 5.13. The molecule has 2 atom stereocenters. The highest BCUT2D eigenvalue weighted by atomic mass is 16.6. The van der Waals surface area contributed by atoms with Crippen LogP contribution in [0.25, 0.3) is 10.9 Å². The summed E-state index contributed by atoms with van der Waals surface area (Å²) in [5, 5.41) is 3.64. The molecule has 2 aliphatic rings. The summed E-state index contributed by atoms with van der Waals surface area (Å²) in [4.78, 5) is 45.1. The molecule has 2 fully saturated rings. The molecule has 1 aromatic heterocycles. The van der Waals surface area contributed by atoms with E-state index in [1.165, 1.54) is 0 Å². The van der Waals surface area contributed by atoms with E-state index in [0.717, 1.165) is 41.7 Å². The lowest BCUT2D eigenvalue weighted by Crippen LogP contribution is -2.53. The Morgan fingerprint density at radius 1 is 1.15 bits per heavy atom. The van der Waals surface area contributed by atoms with Crippen molar-refractivity contribution < 1.29 is 23.9 Å². The number of ether oxygens (including phenoxy) is 2. The molecule has 212 valence electrons. The van der Waals surface area contributed by atoms with Gasteiger partial charge in [0.1, 0.15) is 11.3 Å². The number of nitrogens with one attached hydrogen (secondary N) is 2. The minimum atomic E-state index is -0.760. The van der Waals surface area contributed by atoms with Crippen LogP contribution in [0.15, 0.2) is 48.5 Å². The fourth-order valence-electron chi connectivity index (χ4n) is 5.13. The summed E-state index contributed by atoms with van der Waals surface area (Å²) >= 11 is 0. The number of anilines is 2. The topological polar surface area (TPSA) is 130 Å². The molecule has 2 aromatic carbocycles. The molecule has 10 heteroatoms. The van der Waals surface area contributed by atoms with Crippen LogP contribution in [0.5, 0.6) is 0 Å². The van der Waals surface area contributed by atoms with E-state index in [9.17, 15) is 14.4 Å². The Kier molecular flexibility index (Phi) is 7.93. The van der Waals surface area contributed by atoms with Gasteiger partial charge in [-0.15, -0.1) is 0 Å². The van der Waals surface area contributed by atoms with Crippen LogP contribution in [0, 0.1) is 0 Å². The number of rotatable bonds is 7. The first-order valence-corrected chi connectivity index (χ1v) is 13.7. The third kappa shape index (κ3) is 6.52. The molecule has 0 bridgehead atoms. The number of carbonyl (C=O) groups excluding carboxylic acids is 3. The molecule has 1 unspecified atom stereocenters. The van der Waals surface area contributed by atoms with E-state index in [2.05, 4.69) is 15.2 Å². The first-order valence-electron chi connectivity index (χ1n) is 13.7. The summed E-state index contributed by atoms with van der Waals surface area (Å²) < 4.78 is 10.9. The minimum absolute atomic E-state index is 0.0829. The highest BCUT2D eigenvalue weighted by Crippen LogP contribution is 2.24. The van der Waals surface area contributed by atoms with Crippen molar-refractivity contribution in [3.05, 3.63) is 59.8 Å². The van der Waals surface area contributed by atoms with E-state index in [1.807, 2.05) is 49.9 Å². The average Bonchev–Trinajstić information content (AvgIpc) is 3.59. The van der Waals surface area contributed by atoms with Crippen molar-refractivity contribution in [2.45, 2.75) is 51.3 Å². The standard InChI is InChI=1S/C30H37N5O5/c1-30(2,3)40-29(38)26-16-20-15-21(6-9-25(20)33-26)32-28(37)24(31)14-19-4-7-22(8-5-19)35-12-11-34(17-27(35)36)23-10-13-39-18-23/h4-9,15-16,23-24,33H,10-14,17-18,31H2,1-3H3,(H,32,37)/t23?,24-/m0/s1. The number of nitrogens with zero attached hydrogens (tertiary/aromatic N) is 2. The van der Waals surface area contributed by atoms with Gasteiger partial charge in [-0.1, -0.05) is 12.1 Å². The molecule has 0 radical (unpaired) electrons. The first kappa shape index (κ1) is 27.8. The number of aromatic nitrogens is 1. The quantitative estimate of drug-likeness (QED) is 0.388. The van der Waals surface area contributed by atoms with Crippen molar-refractivity contribution in [2.24, 2.45) is 5.73 Å². The molecule has 0 saturated carbocycles. The van der Waals surface area contributed by atoms with Crippen LogP contribution in [0.2, 0.25) is 0 Å². The second-order valence-electron chi connectivity index (χ2n) is 11.5. The monoisotopic (exact) mass is 547 g/mol. The van der Waals surface area contributed by atoms with Crippen LogP contribution in [-0.4, -0.2) is 78.2 Å². The minimum Gasteiger partial charge on any atom is -0.455 e. The van der Waals surface area contributed by atoms with Crippen molar-refractivity contribution in [3.8, 4) is 0 Å². The van der Waals surface area contributed by atoms with Gasteiger partial charge in [-0.05, 0) is 75.6 Å². The third-order valence-corrected chi connectivity index (χ3v) is 7.22. The number of hydrogen-bond donors (Lipinski definition) is 3. The normalized spacial score (nSPS) is 19.1. The zero-order valence-electron chi connectivity index (χ0n) is 23.2. The van der Waals surface area contributed by atoms with Crippen molar-refractivity contribution >= 4 is 40.1 Å². The lowest BCUT2D eigenvalue weighted by molar-refractivity contribution is -0.122. The maximum absolute atomic E-state index is 12.8. The smallest absolute Gasteiger partial charge is 0.355 e. The summed E-state index contributed by atoms with van der Waals surface area (Å²) in [6.45, 7) is 8.77. The second kappa shape index (κ2) is 11.4. The molecule has 10 nitrogen and oxygen atoms in total. The Hall–Kier alpha value is -3.73. The number of piperazine rings is 1. The molecule has 3 heterocycles. The van der Waals surface area contributed by atoms with Crippen LogP contribution in [-0.2, 0) is 25.5 Å². The van der Waals surface area contributed by atoms with Crippen LogP contribution in [0.3, 0.4) is 0 Å². The van der Waals surface area contributed by atoms with E-state index in [1.54, 1.807) is 24.3 Å². The number of hydrogen-bond acceptors (Lipinski definition) is 7. The van der Waals surface area contributed by atoms with Gasteiger partial charge < -0.3 is 30.4 Å². The van der Waals surface area contributed by atoms with Crippen LogP contribution in [0.1, 0.15) is 43.2 Å². The number of nitrogens with two attached hydrogens (primary N) is 1. The summed E-state index contributed by atoms with van der Waals surface area (Å²) in [6.07, 6.45) is 1.33. The van der Waals surface area contributed by atoms with Gasteiger partial charge in [-0.25, -0.2) is 4.79 Å². The number of esters is 1. The molecule has 3 aromatic rings. The van der Waals surface area contributed by atoms with Gasteiger partial charge in [0.05, 0.1) is 19.2 Å². The number of aromatic amines is 1. The lowest BCUT2D eigenvalue weighted by Gasteiger charge is -2.37. The largest absolute Gasteiger partial charge is 0.455 e. The SMILES string of the molecule is CC(C)(C)OC(=O)c1cc2cc(NC(=O)[C@@H](N)Cc3ccc(N4CCN(C5CCOC5)CC4=O)cc3)ccc2[nH]1. The van der Waals surface area contributed by atoms with Crippen molar-refractivity contribution in [3.63, 3.8) is 0 Å². The molecular weight excluding hydrogens is 510 g/mol. The number of fused-ring (bicyclic) bond motifs is 1. The highest BCUT2D eigenvalue weighted by molar-refractivity contribution is 5.99. The Labute approximate surface area is 233 Å². The molecule has 0 spiro atoms. The Morgan fingerprint density at radius 2 is 1.93 bits per heavy atom. The molecular formula is C30H37N5O5. The van der Waals surface area contributed by atoms with E-state index >= 15 is 0 Å². The Morgan fingerprint density at radius 3 is 2.60 bits per heavy atom. The van der Waals surface area contributed by atoms with Crippen LogP contribution >= 0.6 is 0 Å². The van der Waals surface area contributed by atoms with Crippen LogP contribution in [0.4, 0.5) is 11.4 Å². The van der Waals surface area contributed by atoms with Gasteiger partial charge in [-0.2, -0.15) is 0 Å². The maximum atomic E-state index is 12.8. The van der Waals surface area contributed by atoms with E-state index < -0.39 is 17.6 Å². The van der Waals surface area contributed by atoms with Crippen molar-refractivity contribution in [2.75, 3.05) is 43.1 Å². The van der Waals surface area contributed by atoms with E-state index in [-0.39, 0.29) is 11.8 Å². The molecule has 2 amide bonds. The molecule has 40 heavy (non-hydrogen) atoms. The van der Waals surface area contributed by atoms with E-state index in [4.69, 9.17) is 15.2 Å². The van der Waals surface area contributed by atoms with Gasteiger partial charge in [-0.3, -0.25) is 14.5 Å². The molecule has 5 rings (SSSR count).